The lowest BCUT2D eigenvalue weighted by Gasteiger charge is -2.43. The van der Waals surface area contributed by atoms with E-state index in [4.69, 9.17) is 13.9 Å². The Kier molecular flexibility index (Phi) is 5.42. The zero-order chi connectivity index (χ0) is 25.6. The van der Waals surface area contributed by atoms with Gasteiger partial charge in [0.2, 0.25) is 11.9 Å². The summed E-state index contributed by atoms with van der Waals surface area (Å²) < 4.78 is 22.0. The van der Waals surface area contributed by atoms with E-state index < -0.39 is 25.7 Å². The lowest BCUT2D eigenvalue weighted by atomic mass is 9.83. The van der Waals surface area contributed by atoms with E-state index in [9.17, 15) is 9.59 Å². The van der Waals surface area contributed by atoms with Crippen molar-refractivity contribution < 1.29 is 18.7 Å². The number of aromatic nitrogens is 4. The second-order valence-electron chi connectivity index (χ2n) is 12.4. The molecule has 1 saturated carbocycles. The predicted octanol–water partition coefficient (Wildman–Crippen LogP) is 3.57. The first-order chi connectivity index (χ1) is 16.2. The first-order valence-corrected chi connectivity index (χ1v) is 15.3. The van der Waals surface area contributed by atoms with Crippen LogP contribution in [-0.4, -0.2) is 58.2 Å². The lowest BCUT2D eigenvalue weighted by Crippen LogP contribution is -2.54. The highest BCUT2D eigenvalue weighted by Crippen LogP contribution is 2.65. The van der Waals surface area contributed by atoms with Crippen LogP contribution in [0.15, 0.2) is 11.1 Å². The molecule has 35 heavy (non-hydrogen) atoms. The number of carbonyl (C=O) groups excluding carboxylic acids is 1. The summed E-state index contributed by atoms with van der Waals surface area (Å²) in [6.45, 7) is 17.5. The van der Waals surface area contributed by atoms with Crippen LogP contribution >= 0.6 is 0 Å². The Morgan fingerprint density at radius 2 is 2.03 bits per heavy atom. The number of rotatable bonds is 6. The molecular formula is C24H37N5O5Si. The molecule has 2 N–H and O–H groups in total. The third-order valence-corrected chi connectivity index (χ3v) is 13.0. The zero-order valence-electron chi connectivity index (χ0n) is 21.9. The van der Waals surface area contributed by atoms with Crippen LogP contribution in [0.4, 0.5) is 5.95 Å². The summed E-state index contributed by atoms with van der Waals surface area (Å²) >= 11 is 0. The number of hydrogen-bond acceptors (Lipinski definition) is 7. The smallest absolute Gasteiger partial charge is 0.280 e. The number of aromatic amines is 1. The number of imidazole rings is 1. The van der Waals surface area contributed by atoms with E-state index in [1.807, 2.05) is 0 Å². The van der Waals surface area contributed by atoms with Crippen LogP contribution in [0, 0.1) is 11.3 Å². The minimum absolute atomic E-state index is 0.0266. The quantitative estimate of drug-likeness (QED) is 0.578. The average Bonchev–Trinajstić information content (AvgIpc) is 3.11. The van der Waals surface area contributed by atoms with Crippen molar-refractivity contribution in [1.29, 1.82) is 0 Å². The number of nitrogens with one attached hydrogen (secondary N) is 2. The first kappa shape index (κ1) is 24.6. The van der Waals surface area contributed by atoms with Crippen molar-refractivity contribution in [3.05, 3.63) is 16.7 Å². The molecule has 4 atom stereocenters. The summed E-state index contributed by atoms with van der Waals surface area (Å²) in [4.78, 5) is 36.4. The van der Waals surface area contributed by atoms with Crippen LogP contribution in [0.2, 0.25) is 18.1 Å². The van der Waals surface area contributed by atoms with Crippen molar-refractivity contribution in [3.8, 4) is 0 Å². The maximum Gasteiger partial charge on any atom is 0.280 e. The Morgan fingerprint density at radius 1 is 1.34 bits per heavy atom. The van der Waals surface area contributed by atoms with E-state index >= 15 is 0 Å². The molecule has 2 aliphatic heterocycles. The molecule has 0 radical (unpaired) electrons. The fraction of sp³-hybridized carbons (Fsp3) is 0.750. The fourth-order valence-corrected chi connectivity index (χ4v) is 6.16. The molecular weight excluding hydrogens is 466 g/mol. The van der Waals surface area contributed by atoms with Gasteiger partial charge < -0.3 is 13.9 Å². The molecule has 4 heterocycles. The molecule has 3 aliphatic rings. The van der Waals surface area contributed by atoms with Gasteiger partial charge in [0.25, 0.3) is 5.56 Å². The van der Waals surface area contributed by atoms with Gasteiger partial charge in [-0.1, -0.05) is 41.5 Å². The van der Waals surface area contributed by atoms with E-state index in [1.165, 1.54) is 0 Å². The van der Waals surface area contributed by atoms with Crippen molar-refractivity contribution in [2.45, 2.75) is 96.6 Å². The van der Waals surface area contributed by atoms with Gasteiger partial charge in [-0.15, -0.1) is 0 Å². The van der Waals surface area contributed by atoms with Crippen molar-refractivity contribution in [3.63, 3.8) is 0 Å². The second-order valence-corrected chi connectivity index (χ2v) is 17.2. The van der Waals surface area contributed by atoms with Crippen LogP contribution in [0.25, 0.3) is 11.2 Å². The summed E-state index contributed by atoms with van der Waals surface area (Å²) in [7, 11) is -2.13. The molecule has 3 fully saturated rings. The molecule has 10 nitrogen and oxygen atoms in total. The maximum absolute atomic E-state index is 12.7. The highest BCUT2D eigenvalue weighted by Gasteiger charge is 2.73. The Hall–Kier alpha value is -2.08. The molecule has 2 aromatic rings. The lowest BCUT2D eigenvalue weighted by molar-refractivity contribution is -0.196. The van der Waals surface area contributed by atoms with E-state index in [0.717, 1.165) is 12.8 Å². The summed E-state index contributed by atoms with van der Waals surface area (Å²) in [5, 5.41) is 2.71. The van der Waals surface area contributed by atoms with Crippen LogP contribution in [0.5, 0.6) is 0 Å². The van der Waals surface area contributed by atoms with Gasteiger partial charge in [-0.25, -0.2) is 4.98 Å². The monoisotopic (exact) mass is 503 g/mol. The highest BCUT2D eigenvalue weighted by atomic mass is 28.4. The molecule has 5 rings (SSSR count). The normalized spacial score (nSPS) is 29.8. The minimum Gasteiger partial charge on any atom is -0.408 e. The summed E-state index contributed by atoms with van der Waals surface area (Å²) in [6, 6.07) is 0. The van der Waals surface area contributed by atoms with Gasteiger partial charge in [0.15, 0.2) is 25.7 Å². The Labute approximate surface area is 206 Å². The first-order valence-electron chi connectivity index (χ1n) is 12.4. The number of amides is 1. The molecule has 11 heteroatoms. The van der Waals surface area contributed by atoms with E-state index in [0.29, 0.717) is 12.3 Å². The summed E-state index contributed by atoms with van der Waals surface area (Å²) in [5.41, 5.74) is -0.482. The molecule has 0 spiro atoms. The van der Waals surface area contributed by atoms with E-state index in [2.05, 4.69) is 61.1 Å². The van der Waals surface area contributed by atoms with Gasteiger partial charge in [-0.2, -0.15) is 4.98 Å². The molecule has 1 aliphatic carbocycles. The van der Waals surface area contributed by atoms with Crippen LogP contribution < -0.4 is 10.9 Å². The van der Waals surface area contributed by atoms with Gasteiger partial charge in [0.05, 0.1) is 12.9 Å². The highest BCUT2D eigenvalue weighted by molar-refractivity contribution is 6.74. The van der Waals surface area contributed by atoms with Crippen molar-refractivity contribution >= 4 is 31.3 Å². The minimum atomic E-state index is -2.13. The third-order valence-electron chi connectivity index (χ3n) is 8.58. The number of fused-ring (bicyclic) bond motifs is 3. The number of hydrogen-bond donors (Lipinski definition) is 2. The van der Waals surface area contributed by atoms with Crippen LogP contribution in [-0.2, 0) is 18.7 Å². The average molecular weight is 504 g/mol. The Morgan fingerprint density at radius 3 is 2.63 bits per heavy atom. The van der Waals surface area contributed by atoms with Gasteiger partial charge in [-0.05, 0) is 31.0 Å². The number of anilines is 1. The molecule has 2 bridgehead atoms. The zero-order valence-corrected chi connectivity index (χ0v) is 22.9. The number of nitrogens with zero attached hydrogens (tertiary/aromatic N) is 3. The third kappa shape index (κ3) is 3.70. The molecule has 0 aromatic carbocycles. The topological polar surface area (TPSA) is 120 Å². The van der Waals surface area contributed by atoms with Crippen LogP contribution in [0.3, 0.4) is 0 Å². The number of carbonyl (C=O) groups is 1. The molecule has 2 saturated heterocycles. The van der Waals surface area contributed by atoms with Crippen LogP contribution in [0.1, 0.15) is 60.6 Å². The molecule has 1 amide bonds. The van der Waals surface area contributed by atoms with E-state index in [1.54, 1.807) is 24.7 Å². The van der Waals surface area contributed by atoms with Gasteiger partial charge in [-0.3, -0.25) is 24.5 Å². The largest absolute Gasteiger partial charge is 0.408 e. The molecule has 1 unspecified atom stereocenters. The number of H-pyrrole nitrogens is 1. The summed E-state index contributed by atoms with van der Waals surface area (Å²) in [6.07, 6.45) is 2.57. The second kappa shape index (κ2) is 7.71. The van der Waals surface area contributed by atoms with E-state index in [-0.39, 0.29) is 46.0 Å². The van der Waals surface area contributed by atoms with Gasteiger partial charge in [0.1, 0.15) is 17.8 Å². The summed E-state index contributed by atoms with van der Waals surface area (Å²) in [5.74, 6) is -0.401. The Balaban J connectivity index is 1.55. The molecule has 2 aromatic heterocycles. The fourth-order valence-electron chi connectivity index (χ4n) is 4.85. The maximum atomic E-state index is 12.7. The van der Waals surface area contributed by atoms with Crippen molar-refractivity contribution in [2.24, 2.45) is 11.3 Å². The number of ether oxygens (including phenoxy) is 2. The van der Waals surface area contributed by atoms with Gasteiger partial charge in [0, 0.05) is 11.3 Å². The Bertz CT molecular complexity index is 1230. The van der Waals surface area contributed by atoms with Crippen molar-refractivity contribution in [2.75, 3.05) is 11.9 Å². The SMILES string of the molecule is CC(C)C(=O)Nc1nc2c(ncn2[C@@H]2O[C@@]3(C4(C)CC4)CO[C@H]2C3O[Si](C)(C)C(C)(C)C)c(=O)[nH]1. The predicted molar refractivity (Wildman–Crippen MR) is 134 cm³/mol. The molecule has 192 valence electrons. The van der Waals surface area contributed by atoms with Crippen molar-refractivity contribution in [1.82, 2.24) is 19.5 Å². The standard InChI is InChI=1S/C24H37N5O5Si/c1-13(2)18(30)27-21-26-17-14(19(31)28-21)25-12-29(17)20-15-16(34-35(7,8)22(3,4)5)24(33-20,11-32-15)23(6)9-10-23/h12-13,15-16,20H,9-11H2,1-8H3,(H2,26,27,28,30,31)/t15-,16?,20+,24-/m0/s1. The van der Waals surface area contributed by atoms with Gasteiger partial charge >= 0.3 is 0 Å².